The summed E-state index contributed by atoms with van der Waals surface area (Å²) >= 11 is 0. The molecule has 130 valence electrons. The Morgan fingerprint density at radius 1 is 1.21 bits per heavy atom. The summed E-state index contributed by atoms with van der Waals surface area (Å²) < 4.78 is 39.2. The smallest absolute Gasteiger partial charge is 0.388 e. The number of halogens is 3. The molecule has 0 amide bonds. The first-order valence-electron chi connectivity index (χ1n) is 7.43. The normalized spacial score (nSPS) is 14.5. The van der Waals surface area contributed by atoms with E-state index in [1.165, 1.54) is 12.3 Å². The Kier molecular flexibility index (Phi) is 5.08. The van der Waals surface area contributed by atoms with Gasteiger partial charge in [-0.3, -0.25) is 4.98 Å². The van der Waals surface area contributed by atoms with E-state index in [9.17, 15) is 18.3 Å². The van der Waals surface area contributed by atoms with E-state index in [4.69, 9.17) is 0 Å². The Bertz CT molecular complexity index is 687. The van der Waals surface area contributed by atoms with Crippen LogP contribution in [0.4, 0.5) is 19.0 Å². The molecule has 0 aliphatic carbocycles. The molecule has 24 heavy (non-hydrogen) atoms. The van der Waals surface area contributed by atoms with Crippen LogP contribution in [-0.4, -0.2) is 32.2 Å². The van der Waals surface area contributed by atoms with Crippen LogP contribution < -0.4 is 5.32 Å². The van der Waals surface area contributed by atoms with Gasteiger partial charge in [-0.25, -0.2) is 9.97 Å². The van der Waals surface area contributed by atoms with Crippen LogP contribution in [0.1, 0.15) is 26.5 Å². The van der Waals surface area contributed by atoms with Gasteiger partial charge in [0.05, 0.1) is 5.60 Å². The van der Waals surface area contributed by atoms with Gasteiger partial charge in [0.25, 0.3) is 0 Å². The van der Waals surface area contributed by atoms with Crippen molar-refractivity contribution in [1.29, 1.82) is 0 Å². The molecule has 0 aromatic carbocycles. The summed E-state index contributed by atoms with van der Waals surface area (Å²) in [5, 5.41) is 13.0. The number of pyridine rings is 1. The quantitative estimate of drug-likeness (QED) is 0.873. The second-order valence-electron chi connectivity index (χ2n) is 6.04. The van der Waals surface area contributed by atoms with Crippen LogP contribution in [0.25, 0.3) is 11.5 Å². The highest BCUT2D eigenvalue weighted by Crippen LogP contribution is 2.30. The number of anilines is 1. The molecule has 0 radical (unpaired) electrons. The first-order chi connectivity index (χ1) is 11.1. The number of aromatic nitrogens is 3. The van der Waals surface area contributed by atoms with Crippen molar-refractivity contribution in [2.24, 2.45) is 5.92 Å². The Labute approximate surface area is 138 Å². The Morgan fingerprint density at radius 3 is 2.46 bits per heavy atom. The van der Waals surface area contributed by atoms with Gasteiger partial charge in [-0.1, -0.05) is 19.9 Å². The number of hydrogen-bond acceptors (Lipinski definition) is 5. The lowest BCUT2D eigenvalue weighted by molar-refractivity contribution is -0.141. The molecule has 0 aliphatic rings. The monoisotopic (exact) mass is 340 g/mol. The minimum atomic E-state index is -4.61. The third-order valence-corrected chi connectivity index (χ3v) is 3.78. The molecular weight excluding hydrogens is 321 g/mol. The summed E-state index contributed by atoms with van der Waals surface area (Å²) in [5.41, 5.74) is -1.92. The van der Waals surface area contributed by atoms with Gasteiger partial charge in [0.15, 0.2) is 11.5 Å². The van der Waals surface area contributed by atoms with E-state index >= 15 is 0 Å². The second-order valence-corrected chi connectivity index (χ2v) is 6.04. The van der Waals surface area contributed by atoms with E-state index in [0.29, 0.717) is 0 Å². The Morgan fingerprint density at radius 2 is 1.92 bits per heavy atom. The molecule has 0 aliphatic heterocycles. The third-order valence-electron chi connectivity index (χ3n) is 3.78. The predicted octanol–water partition coefficient (Wildman–Crippen LogP) is 3.38. The van der Waals surface area contributed by atoms with Gasteiger partial charge >= 0.3 is 6.18 Å². The molecule has 0 saturated carbocycles. The minimum absolute atomic E-state index is 0.0149. The highest BCUT2D eigenvalue weighted by atomic mass is 19.4. The number of alkyl halides is 3. The maximum absolute atomic E-state index is 13.1. The summed E-state index contributed by atoms with van der Waals surface area (Å²) in [6.45, 7) is 5.31. The van der Waals surface area contributed by atoms with Gasteiger partial charge in [-0.2, -0.15) is 13.2 Å². The summed E-state index contributed by atoms with van der Waals surface area (Å²) in [7, 11) is 0. The molecule has 1 unspecified atom stereocenters. The Hall–Kier alpha value is -2.22. The molecular formula is C16H19F3N4O. The molecule has 5 nitrogen and oxygen atoms in total. The van der Waals surface area contributed by atoms with Crippen LogP contribution in [0.3, 0.4) is 0 Å². The Balaban J connectivity index is 2.37. The highest BCUT2D eigenvalue weighted by molar-refractivity contribution is 5.53. The molecule has 8 heteroatoms. The van der Waals surface area contributed by atoms with E-state index < -0.39 is 17.5 Å². The van der Waals surface area contributed by atoms with E-state index in [1.807, 2.05) is 13.8 Å². The molecule has 2 aromatic rings. The summed E-state index contributed by atoms with van der Waals surface area (Å²) in [6, 6.07) is 5.64. The first kappa shape index (κ1) is 18.1. The molecule has 0 spiro atoms. The van der Waals surface area contributed by atoms with Crippen molar-refractivity contribution in [3.05, 3.63) is 36.2 Å². The molecule has 0 fully saturated rings. The number of nitrogens with zero attached hydrogens (tertiary/aromatic N) is 3. The standard InChI is InChI=1S/C16H19F3N4O/c1-10(2)15(3,24)9-21-13-8-12(16(17,18)19)22-14(23-13)11-6-4-5-7-20-11/h4-8,10,24H,9H2,1-3H3,(H,21,22,23). The zero-order chi connectivity index (χ0) is 18.0. The average Bonchev–Trinajstić information content (AvgIpc) is 2.52. The summed E-state index contributed by atoms with van der Waals surface area (Å²) in [4.78, 5) is 11.6. The van der Waals surface area contributed by atoms with E-state index in [-0.39, 0.29) is 29.8 Å². The zero-order valence-corrected chi connectivity index (χ0v) is 13.6. The SMILES string of the molecule is CC(C)C(C)(O)CNc1cc(C(F)(F)F)nc(-c2ccccn2)n1. The fourth-order valence-corrected chi connectivity index (χ4v) is 1.77. The van der Waals surface area contributed by atoms with Crippen molar-refractivity contribution in [1.82, 2.24) is 15.0 Å². The molecule has 2 rings (SSSR count). The predicted molar refractivity (Wildman–Crippen MR) is 84.2 cm³/mol. The molecule has 0 bridgehead atoms. The lowest BCUT2D eigenvalue weighted by Crippen LogP contribution is -2.39. The van der Waals surface area contributed by atoms with Gasteiger partial charge in [0.2, 0.25) is 0 Å². The topological polar surface area (TPSA) is 70.9 Å². The summed E-state index contributed by atoms with van der Waals surface area (Å²) in [5.74, 6) is -0.222. The van der Waals surface area contributed by atoms with Crippen LogP contribution in [-0.2, 0) is 6.18 Å². The van der Waals surface area contributed by atoms with Gasteiger partial charge in [-0.15, -0.1) is 0 Å². The van der Waals surface area contributed by atoms with Crippen LogP contribution in [0, 0.1) is 5.92 Å². The van der Waals surface area contributed by atoms with Crippen molar-refractivity contribution in [3.8, 4) is 11.5 Å². The zero-order valence-electron chi connectivity index (χ0n) is 13.6. The van der Waals surface area contributed by atoms with Crippen molar-refractivity contribution in [3.63, 3.8) is 0 Å². The van der Waals surface area contributed by atoms with Crippen LogP contribution in [0.5, 0.6) is 0 Å². The third kappa shape index (κ3) is 4.41. The molecule has 1 atom stereocenters. The van der Waals surface area contributed by atoms with Gasteiger partial charge in [-0.05, 0) is 25.0 Å². The number of nitrogens with one attached hydrogen (secondary N) is 1. The van der Waals surface area contributed by atoms with Crippen molar-refractivity contribution in [2.45, 2.75) is 32.5 Å². The minimum Gasteiger partial charge on any atom is -0.388 e. The lowest BCUT2D eigenvalue weighted by Gasteiger charge is -2.28. The maximum Gasteiger partial charge on any atom is 0.433 e. The van der Waals surface area contributed by atoms with Crippen LogP contribution in [0.15, 0.2) is 30.5 Å². The van der Waals surface area contributed by atoms with Crippen molar-refractivity contribution >= 4 is 5.82 Å². The highest BCUT2D eigenvalue weighted by Gasteiger charge is 2.34. The van der Waals surface area contributed by atoms with Gasteiger partial charge in [0.1, 0.15) is 11.5 Å². The fourth-order valence-electron chi connectivity index (χ4n) is 1.77. The average molecular weight is 340 g/mol. The van der Waals surface area contributed by atoms with Gasteiger partial charge < -0.3 is 10.4 Å². The van der Waals surface area contributed by atoms with Crippen LogP contribution in [0.2, 0.25) is 0 Å². The van der Waals surface area contributed by atoms with E-state index in [1.54, 1.807) is 19.1 Å². The second kappa shape index (κ2) is 6.72. The lowest BCUT2D eigenvalue weighted by atomic mass is 9.92. The summed E-state index contributed by atoms with van der Waals surface area (Å²) in [6.07, 6.45) is -3.15. The largest absolute Gasteiger partial charge is 0.433 e. The molecule has 2 N–H and O–H groups in total. The van der Waals surface area contributed by atoms with E-state index in [0.717, 1.165) is 6.07 Å². The van der Waals surface area contributed by atoms with Crippen molar-refractivity contribution in [2.75, 3.05) is 11.9 Å². The fraction of sp³-hybridized carbons (Fsp3) is 0.438. The number of rotatable bonds is 5. The number of hydrogen-bond donors (Lipinski definition) is 2. The maximum atomic E-state index is 13.1. The number of aliphatic hydroxyl groups is 1. The van der Waals surface area contributed by atoms with E-state index in [2.05, 4.69) is 20.3 Å². The molecule has 2 aromatic heterocycles. The molecule has 0 saturated heterocycles. The molecule has 2 heterocycles. The van der Waals surface area contributed by atoms with Crippen molar-refractivity contribution < 1.29 is 18.3 Å². The van der Waals surface area contributed by atoms with Gasteiger partial charge in [0, 0.05) is 18.8 Å². The first-order valence-corrected chi connectivity index (χ1v) is 7.43. The van der Waals surface area contributed by atoms with Crippen LogP contribution >= 0.6 is 0 Å².